The lowest BCUT2D eigenvalue weighted by molar-refractivity contribution is 0.0970. The van der Waals surface area contributed by atoms with Crippen LogP contribution in [0.3, 0.4) is 0 Å². The summed E-state index contributed by atoms with van der Waals surface area (Å²) in [5, 5.41) is 2.85. The molecule has 32 heavy (non-hydrogen) atoms. The highest BCUT2D eigenvalue weighted by molar-refractivity contribution is 6.04. The van der Waals surface area contributed by atoms with Crippen LogP contribution in [0.1, 0.15) is 50.4 Å². The number of amides is 1. The molecule has 0 saturated heterocycles. The van der Waals surface area contributed by atoms with Gasteiger partial charge >= 0.3 is 0 Å². The molecule has 0 unspecified atom stereocenters. The smallest absolute Gasteiger partial charge is 0.256 e. The number of H-pyrrole nitrogens is 1. The molecule has 0 spiro atoms. The van der Waals surface area contributed by atoms with E-state index in [1.165, 1.54) is 0 Å². The molecule has 5 rings (SSSR count). The van der Waals surface area contributed by atoms with Crippen LogP contribution in [0, 0.1) is 0 Å². The number of hydrogen-bond donors (Lipinski definition) is 2. The topological polar surface area (TPSA) is 87.7 Å². The Bertz CT molecular complexity index is 1280. The first kappa shape index (κ1) is 19.9. The van der Waals surface area contributed by atoms with E-state index in [0.717, 1.165) is 46.5 Å². The van der Waals surface area contributed by atoms with Gasteiger partial charge in [0.25, 0.3) is 5.91 Å². The van der Waals surface area contributed by atoms with Gasteiger partial charge in [-0.15, -0.1) is 0 Å². The largest absolute Gasteiger partial charge is 0.358 e. The van der Waals surface area contributed by atoms with Crippen molar-refractivity contribution in [1.82, 2.24) is 15.0 Å². The van der Waals surface area contributed by atoms with Gasteiger partial charge < -0.3 is 10.3 Å². The van der Waals surface area contributed by atoms with Crippen LogP contribution in [-0.2, 0) is 12.8 Å². The normalized spacial score (nSPS) is 12.9. The van der Waals surface area contributed by atoms with Gasteiger partial charge in [-0.2, -0.15) is 0 Å². The monoisotopic (exact) mass is 422 g/mol. The van der Waals surface area contributed by atoms with Crippen molar-refractivity contribution in [3.63, 3.8) is 0 Å². The molecule has 0 bridgehead atoms. The second-order valence-electron chi connectivity index (χ2n) is 7.89. The molecule has 4 aromatic rings. The third-order valence-corrected chi connectivity index (χ3v) is 5.75. The fourth-order valence-electron chi connectivity index (χ4n) is 4.24. The fourth-order valence-corrected chi connectivity index (χ4v) is 4.24. The van der Waals surface area contributed by atoms with E-state index < -0.39 is 0 Å². The zero-order valence-corrected chi connectivity index (χ0v) is 17.5. The number of carbonyl (C=O) groups excluding carboxylic acids is 2. The Kier molecular flexibility index (Phi) is 5.34. The van der Waals surface area contributed by atoms with Crippen molar-refractivity contribution in [2.75, 3.05) is 5.32 Å². The van der Waals surface area contributed by atoms with Crippen molar-refractivity contribution >= 4 is 17.5 Å². The average molecular weight is 422 g/mol. The Labute approximate surface area is 185 Å². The molecule has 1 amide bonds. The van der Waals surface area contributed by atoms with Gasteiger partial charge in [-0.25, -0.2) is 4.98 Å². The van der Waals surface area contributed by atoms with Gasteiger partial charge in [0.15, 0.2) is 5.78 Å². The first-order valence-corrected chi connectivity index (χ1v) is 10.7. The minimum absolute atomic E-state index is 0.194. The number of rotatable bonds is 5. The molecule has 3 heterocycles. The third kappa shape index (κ3) is 3.95. The number of anilines is 1. The maximum absolute atomic E-state index is 12.8. The van der Waals surface area contributed by atoms with Crippen molar-refractivity contribution in [3.05, 3.63) is 101 Å². The zero-order chi connectivity index (χ0) is 21.9. The van der Waals surface area contributed by atoms with E-state index in [1.54, 1.807) is 30.7 Å². The van der Waals surface area contributed by atoms with E-state index in [9.17, 15) is 9.59 Å². The Morgan fingerprint density at radius 2 is 1.81 bits per heavy atom. The molecule has 0 radical (unpaired) electrons. The van der Waals surface area contributed by atoms with Crippen LogP contribution in [0.15, 0.2) is 73.2 Å². The number of nitrogens with one attached hydrogen (secondary N) is 2. The molecule has 6 heteroatoms. The summed E-state index contributed by atoms with van der Waals surface area (Å²) in [5.74, 6) is 0.399. The Morgan fingerprint density at radius 3 is 2.62 bits per heavy atom. The highest BCUT2D eigenvalue weighted by atomic mass is 16.1. The molecule has 158 valence electrons. The van der Waals surface area contributed by atoms with Crippen molar-refractivity contribution in [2.24, 2.45) is 0 Å². The summed E-state index contributed by atoms with van der Waals surface area (Å²) in [6.07, 6.45) is 7.79. The van der Waals surface area contributed by atoms with Crippen molar-refractivity contribution < 1.29 is 9.59 Å². The predicted molar refractivity (Wildman–Crippen MR) is 123 cm³/mol. The lowest BCUT2D eigenvalue weighted by Crippen LogP contribution is -2.13. The summed E-state index contributed by atoms with van der Waals surface area (Å²) in [4.78, 5) is 37.1. The summed E-state index contributed by atoms with van der Waals surface area (Å²) in [6, 6.07) is 17.2. The van der Waals surface area contributed by atoms with E-state index in [-0.39, 0.29) is 11.7 Å². The molecule has 0 saturated carbocycles. The molecule has 0 aliphatic heterocycles. The first-order valence-electron chi connectivity index (χ1n) is 10.7. The number of aryl methyl sites for hydroxylation is 1. The van der Waals surface area contributed by atoms with E-state index in [1.807, 2.05) is 30.3 Å². The maximum Gasteiger partial charge on any atom is 0.256 e. The summed E-state index contributed by atoms with van der Waals surface area (Å²) >= 11 is 0. The highest BCUT2D eigenvalue weighted by Gasteiger charge is 2.26. The molecule has 1 aromatic carbocycles. The minimum atomic E-state index is -0.248. The summed E-state index contributed by atoms with van der Waals surface area (Å²) < 4.78 is 0. The second kappa shape index (κ2) is 8.59. The Morgan fingerprint density at radius 1 is 1.00 bits per heavy atom. The van der Waals surface area contributed by atoms with Gasteiger partial charge in [0, 0.05) is 53.8 Å². The van der Waals surface area contributed by atoms with Gasteiger partial charge in [0.1, 0.15) is 5.82 Å². The lowest BCUT2D eigenvalue weighted by atomic mass is 9.90. The number of ketones is 1. The lowest BCUT2D eigenvalue weighted by Gasteiger charge is -2.12. The number of hydrogen-bond acceptors (Lipinski definition) is 4. The molecule has 1 aliphatic carbocycles. The summed E-state index contributed by atoms with van der Waals surface area (Å²) in [5.41, 5.74) is 6.30. The van der Waals surface area contributed by atoms with Crippen LogP contribution in [0.25, 0.3) is 11.3 Å². The number of nitrogens with zero attached hydrogens (tertiary/aromatic N) is 2. The van der Waals surface area contributed by atoms with Crippen LogP contribution < -0.4 is 5.32 Å². The Hall–Kier alpha value is -4.06. The number of aromatic nitrogens is 3. The summed E-state index contributed by atoms with van der Waals surface area (Å²) in [6.45, 7) is 0. The van der Waals surface area contributed by atoms with Gasteiger partial charge in [-0.05, 0) is 48.2 Å². The number of fused-ring (bicyclic) bond motifs is 1. The number of aromatic amines is 1. The molecular weight excluding hydrogens is 400 g/mol. The second-order valence-corrected chi connectivity index (χ2v) is 7.89. The molecule has 6 nitrogen and oxygen atoms in total. The van der Waals surface area contributed by atoms with E-state index in [0.29, 0.717) is 24.2 Å². The van der Waals surface area contributed by atoms with Crippen LogP contribution in [0.5, 0.6) is 0 Å². The van der Waals surface area contributed by atoms with Crippen LogP contribution in [0.2, 0.25) is 0 Å². The van der Waals surface area contributed by atoms with Gasteiger partial charge in [-0.1, -0.05) is 30.3 Å². The Balaban J connectivity index is 1.52. The molecule has 1 aliphatic rings. The SMILES string of the molecule is O=C(Nc1cc(-c2[nH]c3c(c2Cc2ccccc2)C(=O)CCC3)ccn1)c1ccncc1. The zero-order valence-electron chi connectivity index (χ0n) is 17.5. The predicted octanol–water partition coefficient (Wildman–Crippen LogP) is 4.83. The van der Waals surface area contributed by atoms with Crippen LogP contribution in [-0.4, -0.2) is 26.6 Å². The number of pyridine rings is 2. The third-order valence-electron chi connectivity index (χ3n) is 5.75. The molecular formula is C26H22N4O2. The fraction of sp³-hybridized carbons (Fsp3) is 0.154. The molecule has 2 N–H and O–H groups in total. The molecule has 0 fully saturated rings. The minimum Gasteiger partial charge on any atom is -0.358 e. The average Bonchev–Trinajstić information content (AvgIpc) is 3.20. The summed E-state index contributed by atoms with van der Waals surface area (Å²) in [7, 11) is 0. The molecule has 0 atom stereocenters. The van der Waals surface area contributed by atoms with E-state index >= 15 is 0 Å². The standard InChI is InChI=1S/C26H22N4O2/c31-22-8-4-7-21-24(22)20(15-17-5-2-1-3-6-17)25(29-21)19-11-14-28-23(16-19)30-26(32)18-9-12-27-13-10-18/h1-3,5-6,9-14,16,29H,4,7-8,15H2,(H,28,30,32). The van der Waals surface area contributed by atoms with Gasteiger partial charge in [0.2, 0.25) is 0 Å². The first-order chi connectivity index (χ1) is 15.7. The van der Waals surface area contributed by atoms with Gasteiger partial charge in [0.05, 0.1) is 5.69 Å². The van der Waals surface area contributed by atoms with Crippen molar-refractivity contribution in [3.8, 4) is 11.3 Å². The van der Waals surface area contributed by atoms with Gasteiger partial charge in [-0.3, -0.25) is 14.6 Å². The highest BCUT2D eigenvalue weighted by Crippen LogP contribution is 2.35. The van der Waals surface area contributed by atoms with Crippen molar-refractivity contribution in [2.45, 2.75) is 25.7 Å². The van der Waals surface area contributed by atoms with E-state index in [2.05, 4.69) is 32.4 Å². The van der Waals surface area contributed by atoms with E-state index in [4.69, 9.17) is 0 Å². The van der Waals surface area contributed by atoms with Crippen LogP contribution in [0.4, 0.5) is 5.82 Å². The van der Waals surface area contributed by atoms with Crippen LogP contribution >= 0.6 is 0 Å². The number of carbonyl (C=O) groups is 2. The number of Topliss-reactive ketones (excluding diaryl/α,β-unsaturated/α-hetero) is 1. The van der Waals surface area contributed by atoms with Crippen molar-refractivity contribution in [1.29, 1.82) is 0 Å². The molecule has 3 aromatic heterocycles. The maximum atomic E-state index is 12.8. The number of benzene rings is 1. The quantitative estimate of drug-likeness (QED) is 0.482.